The van der Waals surface area contributed by atoms with E-state index in [9.17, 15) is 0 Å². The molecule has 0 aliphatic rings. The van der Waals surface area contributed by atoms with E-state index in [1.807, 2.05) is 11.8 Å². The van der Waals surface area contributed by atoms with Crippen LogP contribution in [0.25, 0.3) is 0 Å². The zero-order valence-electron chi connectivity index (χ0n) is 6.70. The highest BCUT2D eigenvalue weighted by Crippen LogP contribution is 2.23. The molecule has 68 valence electrons. The minimum Gasteiger partial charge on any atom is -0.395 e. The van der Waals surface area contributed by atoms with E-state index in [0.717, 1.165) is 15.6 Å². The second kappa shape index (κ2) is 4.74. The molecule has 12 heavy (non-hydrogen) atoms. The fraction of sp³-hybridized carbons (Fsp3) is 0.667. The SMILES string of the molecule is CCN(CCO)c1nnc(Br)s1. The Labute approximate surface area is 83.4 Å². The summed E-state index contributed by atoms with van der Waals surface area (Å²) in [5.74, 6) is 0. The molecule has 0 fully saturated rings. The van der Waals surface area contributed by atoms with Crippen LogP contribution in [0, 0.1) is 0 Å². The zero-order valence-corrected chi connectivity index (χ0v) is 9.10. The number of likely N-dealkylation sites (N-methyl/N-ethyl adjacent to an activating group) is 1. The first-order valence-corrected chi connectivity index (χ1v) is 5.23. The first-order chi connectivity index (χ1) is 5.77. The van der Waals surface area contributed by atoms with Gasteiger partial charge in [-0.1, -0.05) is 11.3 Å². The lowest BCUT2D eigenvalue weighted by Crippen LogP contribution is -2.25. The second-order valence-electron chi connectivity index (χ2n) is 2.14. The van der Waals surface area contributed by atoms with E-state index in [-0.39, 0.29) is 6.61 Å². The van der Waals surface area contributed by atoms with Gasteiger partial charge in [-0.25, -0.2) is 0 Å². The van der Waals surface area contributed by atoms with Gasteiger partial charge in [0.05, 0.1) is 6.61 Å². The summed E-state index contributed by atoms with van der Waals surface area (Å²) in [6, 6.07) is 0. The van der Waals surface area contributed by atoms with Crippen LogP contribution >= 0.6 is 27.3 Å². The third kappa shape index (κ3) is 2.40. The van der Waals surface area contributed by atoms with Crippen molar-refractivity contribution in [1.29, 1.82) is 0 Å². The maximum absolute atomic E-state index is 8.74. The number of anilines is 1. The molecular formula is C6H10BrN3OS. The Morgan fingerprint density at radius 3 is 2.75 bits per heavy atom. The van der Waals surface area contributed by atoms with E-state index in [2.05, 4.69) is 26.1 Å². The number of rotatable bonds is 4. The molecule has 4 nitrogen and oxygen atoms in total. The van der Waals surface area contributed by atoms with Crippen molar-refractivity contribution in [1.82, 2.24) is 10.2 Å². The zero-order chi connectivity index (χ0) is 8.97. The second-order valence-corrected chi connectivity index (χ2v) is 4.37. The molecule has 0 bridgehead atoms. The molecule has 0 aromatic carbocycles. The maximum Gasteiger partial charge on any atom is 0.209 e. The molecule has 1 rings (SSSR count). The summed E-state index contributed by atoms with van der Waals surface area (Å²) in [6.07, 6.45) is 0. The van der Waals surface area contributed by atoms with Crippen LogP contribution in [0.5, 0.6) is 0 Å². The Kier molecular flexibility index (Phi) is 3.90. The van der Waals surface area contributed by atoms with E-state index < -0.39 is 0 Å². The Balaban J connectivity index is 2.66. The van der Waals surface area contributed by atoms with Gasteiger partial charge in [-0.3, -0.25) is 0 Å². The van der Waals surface area contributed by atoms with Crippen molar-refractivity contribution in [3.63, 3.8) is 0 Å². The van der Waals surface area contributed by atoms with Crippen molar-refractivity contribution in [2.75, 3.05) is 24.6 Å². The molecular weight excluding hydrogens is 242 g/mol. The average molecular weight is 252 g/mol. The minimum atomic E-state index is 0.144. The van der Waals surface area contributed by atoms with Crippen LogP contribution < -0.4 is 4.90 Å². The largest absolute Gasteiger partial charge is 0.395 e. The summed E-state index contributed by atoms with van der Waals surface area (Å²) in [7, 11) is 0. The molecule has 0 saturated carbocycles. The first-order valence-electron chi connectivity index (χ1n) is 3.62. The van der Waals surface area contributed by atoms with Gasteiger partial charge in [-0.2, -0.15) is 0 Å². The van der Waals surface area contributed by atoms with Gasteiger partial charge >= 0.3 is 0 Å². The van der Waals surface area contributed by atoms with E-state index in [1.54, 1.807) is 0 Å². The highest BCUT2D eigenvalue weighted by atomic mass is 79.9. The van der Waals surface area contributed by atoms with Crippen LogP contribution in [-0.4, -0.2) is 35.0 Å². The summed E-state index contributed by atoms with van der Waals surface area (Å²) >= 11 is 4.71. The van der Waals surface area contributed by atoms with Gasteiger partial charge in [0.25, 0.3) is 0 Å². The summed E-state index contributed by atoms with van der Waals surface area (Å²) in [6.45, 7) is 3.61. The van der Waals surface area contributed by atoms with E-state index in [1.165, 1.54) is 11.3 Å². The Hall–Kier alpha value is -0.200. The van der Waals surface area contributed by atoms with Crippen LogP contribution in [0.15, 0.2) is 3.92 Å². The summed E-state index contributed by atoms with van der Waals surface area (Å²) in [5, 5.41) is 17.4. The van der Waals surface area contributed by atoms with E-state index in [0.29, 0.717) is 6.54 Å². The number of aromatic nitrogens is 2. The molecule has 6 heteroatoms. The predicted octanol–water partition coefficient (Wildman–Crippen LogP) is 1.12. The van der Waals surface area contributed by atoms with Gasteiger partial charge in [0.15, 0.2) is 3.92 Å². The van der Waals surface area contributed by atoms with Crippen molar-refractivity contribution in [3.8, 4) is 0 Å². The monoisotopic (exact) mass is 251 g/mol. The van der Waals surface area contributed by atoms with Crippen molar-refractivity contribution in [2.45, 2.75) is 6.92 Å². The quantitative estimate of drug-likeness (QED) is 0.872. The normalized spacial score (nSPS) is 10.2. The molecule has 0 spiro atoms. The Bertz CT molecular complexity index is 242. The van der Waals surface area contributed by atoms with Gasteiger partial charge in [0.1, 0.15) is 0 Å². The van der Waals surface area contributed by atoms with Crippen molar-refractivity contribution in [2.24, 2.45) is 0 Å². The summed E-state index contributed by atoms with van der Waals surface area (Å²) < 4.78 is 0.772. The number of halogens is 1. The number of hydrogen-bond donors (Lipinski definition) is 1. The summed E-state index contributed by atoms with van der Waals surface area (Å²) in [4.78, 5) is 1.97. The Morgan fingerprint density at radius 1 is 1.58 bits per heavy atom. The van der Waals surface area contributed by atoms with E-state index >= 15 is 0 Å². The molecule has 1 N–H and O–H groups in total. The number of aliphatic hydroxyl groups is 1. The number of aliphatic hydroxyl groups excluding tert-OH is 1. The lowest BCUT2D eigenvalue weighted by Gasteiger charge is -2.16. The highest BCUT2D eigenvalue weighted by Gasteiger charge is 2.08. The molecule has 1 aromatic heterocycles. The van der Waals surface area contributed by atoms with Crippen LogP contribution in [0.4, 0.5) is 5.13 Å². The maximum atomic E-state index is 8.74. The van der Waals surface area contributed by atoms with Gasteiger partial charge in [-0.15, -0.1) is 10.2 Å². The van der Waals surface area contributed by atoms with Gasteiger partial charge in [0, 0.05) is 13.1 Å². The van der Waals surface area contributed by atoms with Crippen molar-refractivity contribution >= 4 is 32.4 Å². The lowest BCUT2D eigenvalue weighted by molar-refractivity contribution is 0.302. The number of hydrogen-bond acceptors (Lipinski definition) is 5. The molecule has 0 radical (unpaired) electrons. The molecule has 0 aliphatic carbocycles. The van der Waals surface area contributed by atoms with Gasteiger partial charge in [0.2, 0.25) is 5.13 Å². The highest BCUT2D eigenvalue weighted by molar-refractivity contribution is 9.11. The molecule has 0 atom stereocenters. The van der Waals surface area contributed by atoms with Crippen LogP contribution in [0.1, 0.15) is 6.92 Å². The predicted molar refractivity (Wildman–Crippen MR) is 52.6 cm³/mol. The van der Waals surface area contributed by atoms with Crippen LogP contribution in [-0.2, 0) is 0 Å². The van der Waals surface area contributed by atoms with Crippen LogP contribution in [0.2, 0.25) is 0 Å². The molecule has 1 heterocycles. The third-order valence-electron chi connectivity index (χ3n) is 1.41. The van der Waals surface area contributed by atoms with Gasteiger partial charge < -0.3 is 10.0 Å². The van der Waals surface area contributed by atoms with Crippen molar-refractivity contribution in [3.05, 3.63) is 3.92 Å². The average Bonchev–Trinajstić information content (AvgIpc) is 2.47. The lowest BCUT2D eigenvalue weighted by atomic mass is 10.5. The van der Waals surface area contributed by atoms with E-state index in [4.69, 9.17) is 5.11 Å². The molecule has 1 aromatic rings. The molecule has 0 aliphatic heterocycles. The fourth-order valence-corrected chi connectivity index (χ4v) is 2.01. The topological polar surface area (TPSA) is 49.2 Å². The fourth-order valence-electron chi connectivity index (χ4n) is 0.836. The molecule has 0 saturated heterocycles. The van der Waals surface area contributed by atoms with Crippen LogP contribution in [0.3, 0.4) is 0 Å². The first kappa shape index (κ1) is 9.88. The molecule has 0 unspecified atom stereocenters. The third-order valence-corrected chi connectivity index (χ3v) is 2.83. The smallest absolute Gasteiger partial charge is 0.209 e. The Morgan fingerprint density at radius 2 is 2.33 bits per heavy atom. The summed E-state index contributed by atoms with van der Waals surface area (Å²) in [5.41, 5.74) is 0. The minimum absolute atomic E-state index is 0.144. The van der Waals surface area contributed by atoms with Gasteiger partial charge in [-0.05, 0) is 22.9 Å². The standard InChI is InChI=1S/C6H10BrN3OS/c1-2-10(3-4-11)6-9-8-5(7)12-6/h11H,2-4H2,1H3. The van der Waals surface area contributed by atoms with Crippen molar-refractivity contribution < 1.29 is 5.11 Å². The molecule has 0 amide bonds. The number of nitrogens with zero attached hydrogens (tertiary/aromatic N) is 3.